The quantitative estimate of drug-likeness (QED) is 0.848. The van der Waals surface area contributed by atoms with Crippen LogP contribution >= 0.6 is 0 Å². The monoisotopic (exact) mass is 283 g/mol. The topological polar surface area (TPSA) is 46.6 Å². The lowest BCUT2D eigenvalue weighted by molar-refractivity contribution is 0.265. The van der Waals surface area contributed by atoms with Crippen molar-refractivity contribution >= 4 is 10.0 Å². The molecule has 0 amide bonds. The van der Waals surface area contributed by atoms with Crippen molar-refractivity contribution in [3.63, 3.8) is 0 Å². The van der Waals surface area contributed by atoms with Gasteiger partial charge in [0.2, 0.25) is 10.0 Å². The second-order valence-electron chi connectivity index (χ2n) is 5.15. The van der Waals surface area contributed by atoms with Crippen molar-refractivity contribution < 1.29 is 13.2 Å². The van der Waals surface area contributed by atoms with E-state index in [1.54, 1.807) is 11.4 Å². The number of methoxy groups -OCH3 is 1. The number of rotatable bonds is 4. The van der Waals surface area contributed by atoms with E-state index in [2.05, 4.69) is 6.07 Å². The normalized spacial score (nSPS) is 21.3. The highest BCUT2D eigenvalue weighted by Crippen LogP contribution is 2.26. The highest BCUT2D eigenvalue weighted by atomic mass is 32.2. The maximum atomic E-state index is 11.6. The molecule has 1 saturated heterocycles. The van der Waals surface area contributed by atoms with Crippen molar-refractivity contribution in [3.8, 4) is 5.75 Å². The molecule has 1 heterocycles. The van der Waals surface area contributed by atoms with Crippen LogP contribution in [0.25, 0.3) is 0 Å². The third kappa shape index (κ3) is 3.70. The van der Waals surface area contributed by atoms with Crippen molar-refractivity contribution in [2.75, 3.05) is 26.5 Å². The van der Waals surface area contributed by atoms with Gasteiger partial charge in [-0.2, -0.15) is 0 Å². The molecular weight excluding hydrogens is 262 g/mol. The van der Waals surface area contributed by atoms with Gasteiger partial charge in [-0.05, 0) is 36.8 Å². The lowest BCUT2D eigenvalue weighted by Crippen LogP contribution is -2.39. The SMILES string of the molecule is COc1ccccc1C[C@H]1CCCN(S(C)(=O)=O)C1. The van der Waals surface area contributed by atoms with Crippen LogP contribution in [0.1, 0.15) is 18.4 Å². The van der Waals surface area contributed by atoms with E-state index in [0.717, 1.165) is 30.6 Å². The van der Waals surface area contributed by atoms with E-state index in [1.807, 2.05) is 18.2 Å². The molecule has 2 rings (SSSR count). The van der Waals surface area contributed by atoms with E-state index in [9.17, 15) is 8.42 Å². The summed E-state index contributed by atoms with van der Waals surface area (Å²) in [5.41, 5.74) is 1.16. The summed E-state index contributed by atoms with van der Waals surface area (Å²) in [5, 5.41) is 0. The fourth-order valence-electron chi connectivity index (χ4n) is 2.68. The molecule has 0 bridgehead atoms. The molecule has 19 heavy (non-hydrogen) atoms. The van der Waals surface area contributed by atoms with Gasteiger partial charge < -0.3 is 4.74 Å². The number of sulfonamides is 1. The van der Waals surface area contributed by atoms with E-state index in [1.165, 1.54) is 6.26 Å². The van der Waals surface area contributed by atoms with Gasteiger partial charge in [-0.3, -0.25) is 0 Å². The molecule has 0 radical (unpaired) electrons. The van der Waals surface area contributed by atoms with Gasteiger partial charge in [-0.15, -0.1) is 0 Å². The molecule has 0 saturated carbocycles. The average molecular weight is 283 g/mol. The number of ether oxygens (including phenoxy) is 1. The van der Waals surface area contributed by atoms with Gasteiger partial charge in [0, 0.05) is 13.1 Å². The molecule has 0 N–H and O–H groups in total. The third-order valence-corrected chi connectivity index (χ3v) is 4.92. The molecule has 0 aliphatic carbocycles. The van der Waals surface area contributed by atoms with Crippen LogP contribution in [-0.2, 0) is 16.4 Å². The summed E-state index contributed by atoms with van der Waals surface area (Å²) in [6.45, 7) is 1.28. The highest BCUT2D eigenvalue weighted by molar-refractivity contribution is 7.88. The Morgan fingerprint density at radius 2 is 2.11 bits per heavy atom. The summed E-state index contributed by atoms with van der Waals surface area (Å²) in [7, 11) is -1.40. The summed E-state index contributed by atoms with van der Waals surface area (Å²) in [6.07, 6.45) is 4.17. The number of piperidine rings is 1. The second kappa shape index (κ2) is 5.92. The maximum absolute atomic E-state index is 11.6. The Hall–Kier alpha value is -1.07. The van der Waals surface area contributed by atoms with Gasteiger partial charge in [0.05, 0.1) is 13.4 Å². The molecule has 0 unspecified atom stereocenters. The summed E-state index contributed by atoms with van der Waals surface area (Å²) in [4.78, 5) is 0. The highest BCUT2D eigenvalue weighted by Gasteiger charge is 2.26. The summed E-state index contributed by atoms with van der Waals surface area (Å²) >= 11 is 0. The smallest absolute Gasteiger partial charge is 0.211 e. The molecule has 0 aromatic heterocycles. The van der Waals surface area contributed by atoms with Crippen molar-refractivity contribution in [2.24, 2.45) is 5.92 Å². The molecular formula is C14H21NO3S. The number of benzene rings is 1. The third-order valence-electron chi connectivity index (χ3n) is 3.65. The van der Waals surface area contributed by atoms with Crippen molar-refractivity contribution in [2.45, 2.75) is 19.3 Å². The molecule has 1 aliphatic rings. The van der Waals surface area contributed by atoms with Crippen molar-refractivity contribution in [1.29, 1.82) is 0 Å². The van der Waals surface area contributed by atoms with E-state index < -0.39 is 10.0 Å². The van der Waals surface area contributed by atoms with Gasteiger partial charge in [-0.1, -0.05) is 18.2 Å². The summed E-state index contributed by atoms with van der Waals surface area (Å²) in [6, 6.07) is 7.95. The molecule has 5 heteroatoms. The molecule has 1 atom stereocenters. The van der Waals surface area contributed by atoms with Crippen LogP contribution in [0, 0.1) is 5.92 Å². The number of hydrogen-bond acceptors (Lipinski definition) is 3. The average Bonchev–Trinajstić information content (AvgIpc) is 2.39. The zero-order valence-corrected chi connectivity index (χ0v) is 12.3. The Balaban J connectivity index is 2.07. The molecule has 1 fully saturated rings. The minimum Gasteiger partial charge on any atom is -0.496 e. The lowest BCUT2D eigenvalue weighted by atomic mass is 9.92. The first-order valence-electron chi connectivity index (χ1n) is 6.57. The first kappa shape index (κ1) is 14.3. The molecule has 0 spiro atoms. The van der Waals surface area contributed by atoms with Crippen LogP contribution in [0.4, 0.5) is 0 Å². The molecule has 4 nitrogen and oxygen atoms in total. The Morgan fingerprint density at radius 1 is 1.37 bits per heavy atom. The molecule has 106 valence electrons. The van der Waals surface area contributed by atoms with Gasteiger partial charge in [0.1, 0.15) is 5.75 Å². The zero-order valence-electron chi connectivity index (χ0n) is 11.5. The maximum Gasteiger partial charge on any atom is 0.211 e. The number of para-hydroxylation sites is 1. The fourth-order valence-corrected chi connectivity index (χ4v) is 3.62. The molecule has 1 aromatic carbocycles. The van der Waals surface area contributed by atoms with Crippen molar-refractivity contribution in [3.05, 3.63) is 29.8 Å². The van der Waals surface area contributed by atoms with E-state index >= 15 is 0 Å². The minimum atomic E-state index is -3.06. The van der Waals surface area contributed by atoms with Gasteiger partial charge in [-0.25, -0.2) is 12.7 Å². The van der Waals surface area contributed by atoms with Crippen LogP contribution < -0.4 is 4.74 Å². The van der Waals surface area contributed by atoms with E-state index in [4.69, 9.17) is 4.74 Å². The van der Waals surface area contributed by atoms with E-state index in [-0.39, 0.29) is 0 Å². The van der Waals surface area contributed by atoms with Crippen molar-refractivity contribution in [1.82, 2.24) is 4.31 Å². The first-order valence-corrected chi connectivity index (χ1v) is 8.42. The Labute approximate surface area is 115 Å². The van der Waals surface area contributed by atoms with Gasteiger partial charge >= 0.3 is 0 Å². The summed E-state index contributed by atoms with van der Waals surface area (Å²) in [5.74, 6) is 1.26. The fraction of sp³-hybridized carbons (Fsp3) is 0.571. The van der Waals surface area contributed by atoms with Crippen LogP contribution in [-0.4, -0.2) is 39.2 Å². The zero-order chi connectivity index (χ0) is 13.9. The number of nitrogens with zero attached hydrogens (tertiary/aromatic N) is 1. The summed E-state index contributed by atoms with van der Waals surface area (Å²) < 4.78 is 30.2. The Kier molecular flexibility index (Phi) is 4.47. The Bertz CT molecular complexity index is 527. The largest absolute Gasteiger partial charge is 0.496 e. The molecule has 1 aromatic rings. The standard InChI is InChI=1S/C14H21NO3S/c1-18-14-8-4-3-7-13(14)10-12-6-5-9-15(11-12)19(2,16)17/h3-4,7-8,12H,5-6,9-11H2,1-2H3/t12-/m1/s1. The predicted molar refractivity (Wildman–Crippen MR) is 75.8 cm³/mol. The molecule has 1 aliphatic heterocycles. The van der Waals surface area contributed by atoms with Crippen LogP contribution in [0.5, 0.6) is 5.75 Å². The van der Waals surface area contributed by atoms with Crippen LogP contribution in [0.3, 0.4) is 0 Å². The second-order valence-corrected chi connectivity index (χ2v) is 7.13. The van der Waals surface area contributed by atoms with Crippen LogP contribution in [0.15, 0.2) is 24.3 Å². The van der Waals surface area contributed by atoms with E-state index in [0.29, 0.717) is 19.0 Å². The van der Waals surface area contributed by atoms with Crippen LogP contribution in [0.2, 0.25) is 0 Å². The van der Waals surface area contributed by atoms with Gasteiger partial charge in [0.25, 0.3) is 0 Å². The first-order chi connectivity index (χ1) is 9.00. The number of hydrogen-bond donors (Lipinski definition) is 0. The predicted octanol–water partition coefficient (Wildman–Crippen LogP) is 1.91. The lowest BCUT2D eigenvalue weighted by Gasteiger charge is -2.31. The Morgan fingerprint density at radius 3 is 2.79 bits per heavy atom. The minimum absolute atomic E-state index is 0.375. The van der Waals surface area contributed by atoms with Gasteiger partial charge in [0.15, 0.2) is 0 Å².